The number of benzene rings is 1. The summed E-state index contributed by atoms with van der Waals surface area (Å²) in [6, 6.07) is 8.86. The van der Waals surface area contributed by atoms with E-state index in [1.54, 1.807) is 0 Å². The Morgan fingerprint density at radius 1 is 1.42 bits per heavy atom. The van der Waals surface area contributed by atoms with Crippen molar-refractivity contribution in [3.05, 3.63) is 29.8 Å². The van der Waals surface area contributed by atoms with Gasteiger partial charge in [-0.05, 0) is 45.0 Å². The monoisotopic (exact) mass is 282 g/mol. The average Bonchev–Trinajstić information content (AvgIpc) is 2.40. The molecule has 0 aromatic heterocycles. The Balaban J connectivity index is 2.34. The minimum absolute atomic E-state index is 0.592. The van der Waals surface area contributed by atoms with Gasteiger partial charge >= 0.3 is 0 Å². The lowest BCUT2D eigenvalue weighted by Gasteiger charge is -2.23. The molecule has 4 heteroatoms. The molecule has 1 atom stereocenters. The molecule has 0 aliphatic rings. The minimum atomic E-state index is 0.592. The van der Waals surface area contributed by atoms with E-state index in [0.717, 1.165) is 31.2 Å². The predicted molar refractivity (Wildman–Crippen MR) is 85.2 cm³/mol. The van der Waals surface area contributed by atoms with Crippen LogP contribution < -0.4 is 10.1 Å². The molecular formula is C15H26N2OS. The van der Waals surface area contributed by atoms with Gasteiger partial charge in [-0.2, -0.15) is 11.8 Å². The van der Waals surface area contributed by atoms with Gasteiger partial charge in [-0.25, -0.2) is 0 Å². The zero-order valence-corrected chi connectivity index (χ0v) is 13.3. The summed E-state index contributed by atoms with van der Waals surface area (Å²) in [5.74, 6) is 2.12. The number of hydrogen-bond acceptors (Lipinski definition) is 4. The van der Waals surface area contributed by atoms with Crippen LogP contribution in [0.2, 0.25) is 0 Å². The molecule has 1 rings (SSSR count). The van der Waals surface area contributed by atoms with Crippen LogP contribution in [0.15, 0.2) is 24.3 Å². The Morgan fingerprint density at radius 3 is 2.89 bits per heavy atom. The van der Waals surface area contributed by atoms with E-state index in [-0.39, 0.29) is 0 Å². The van der Waals surface area contributed by atoms with Gasteiger partial charge < -0.3 is 10.1 Å². The fraction of sp³-hybridized carbons (Fsp3) is 0.600. The van der Waals surface area contributed by atoms with Crippen LogP contribution in [0.1, 0.15) is 12.5 Å². The maximum absolute atomic E-state index is 5.82. The van der Waals surface area contributed by atoms with Crippen molar-refractivity contribution in [3.8, 4) is 5.75 Å². The van der Waals surface area contributed by atoms with E-state index in [4.69, 9.17) is 4.74 Å². The molecule has 0 radical (unpaired) electrons. The normalized spacial score (nSPS) is 12.7. The van der Waals surface area contributed by atoms with Crippen molar-refractivity contribution in [2.45, 2.75) is 19.5 Å². The van der Waals surface area contributed by atoms with E-state index in [1.807, 2.05) is 30.9 Å². The molecule has 0 aliphatic heterocycles. The number of nitrogens with one attached hydrogen (secondary N) is 1. The van der Waals surface area contributed by atoms with Gasteiger partial charge in [-0.3, -0.25) is 4.90 Å². The van der Waals surface area contributed by atoms with Crippen LogP contribution in [-0.2, 0) is 6.54 Å². The Morgan fingerprint density at radius 2 is 2.21 bits per heavy atom. The summed E-state index contributed by atoms with van der Waals surface area (Å²) < 4.78 is 5.82. The predicted octanol–water partition coefficient (Wildman–Crippen LogP) is 2.47. The highest BCUT2D eigenvalue weighted by Crippen LogP contribution is 2.13. The average molecular weight is 282 g/mol. The van der Waals surface area contributed by atoms with Crippen molar-refractivity contribution in [3.63, 3.8) is 0 Å². The second kappa shape index (κ2) is 9.23. The van der Waals surface area contributed by atoms with Crippen molar-refractivity contribution in [2.24, 2.45) is 0 Å². The molecule has 0 aliphatic carbocycles. The molecule has 1 aromatic rings. The molecule has 1 N–H and O–H groups in total. The van der Waals surface area contributed by atoms with Crippen LogP contribution in [-0.4, -0.2) is 50.2 Å². The molecule has 0 spiro atoms. The van der Waals surface area contributed by atoms with Crippen LogP contribution in [0.5, 0.6) is 5.75 Å². The van der Waals surface area contributed by atoms with Crippen LogP contribution in [0.3, 0.4) is 0 Å². The van der Waals surface area contributed by atoms with Crippen LogP contribution in [0.4, 0.5) is 0 Å². The van der Waals surface area contributed by atoms with E-state index in [9.17, 15) is 0 Å². The van der Waals surface area contributed by atoms with Gasteiger partial charge in [-0.1, -0.05) is 12.1 Å². The third kappa shape index (κ3) is 6.32. The second-order valence-corrected chi connectivity index (χ2v) is 5.72. The summed E-state index contributed by atoms with van der Waals surface area (Å²) >= 11 is 1.89. The van der Waals surface area contributed by atoms with Gasteiger partial charge in [0.05, 0.1) is 0 Å². The standard InChI is InChI=1S/C15H26N2OS/c1-13(12-19-4)17(3)8-9-18-15-7-5-6-14(10-15)11-16-2/h5-7,10,13,16H,8-9,11-12H2,1-4H3. The molecular weight excluding hydrogens is 256 g/mol. The molecule has 0 saturated carbocycles. The first-order chi connectivity index (χ1) is 9.17. The van der Waals surface area contributed by atoms with Crippen molar-refractivity contribution in [1.82, 2.24) is 10.2 Å². The van der Waals surface area contributed by atoms with E-state index in [1.165, 1.54) is 5.56 Å². The minimum Gasteiger partial charge on any atom is -0.492 e. The van der Waals surface area contributed by atoms with Gasteiger partial charge in [0.25, 0.3) is 0 Å². The Labute approximate surface area is 121 Å². The molecule has 0 bridgehead atoms. The van der Waals surface area contributed by atoms with E-state index >= 15 is 0 Å². The zero-order valence-electron chi connectivity index (χ0n) is 12.5. The largest absolute Gasteiger partial charge is 0.492 e. The summed E-state index contributed by atoms with van der Waals surface area (Å²) in [5.41, 5.74) is 1.25. The summed E-state index contributed by atoms with van der Waals surface area (Å²) in [6.07, 6.45) is 2.15. The fourth-order valence-electron chi connectivity index (χ4n) is 1.85. The van der Waals surface area contributed by atoms with Crippen molar-refractivity contribution >= 4 is 11.8 Å². The number of ether oxygens (including phenoxy) is 1. The number of thioether (sulfide) groups is 1. The molecule has 0 fully saturated rings. The molecule has 108 valence electrons. The summed E-state index contributed by atoms with van der Waals surface area (Å²) in [6.45, 7) is 4.82. The van der Waals surface area contributed by atoms with Crippen molar-refractivity contribution < 1.29 is 4.74 Å². The maximum atomic E-state index is 5.82. The summed E-state index contributed by atoms with van der Waals surface area (Å²) in [7, 11) is 4.11. The summed E-state index contributed by atoms with van der Waals surface area (Å²) in [4.78, 5) is 2.34. The topological polar surface area (TPSA) is 24.5 Å². The first-order valence-corrected chi connectivity index (χ1v) is 8.12. The van der Waals surface area contributed by atoms with Gasteiger partial charge in [0.15, 0.2) is 0 Å². The fourth-order valence-corrected chi connectivity index (χ4v) is 2.58. The summed E-state index contributed by atoms with van der Waals surface area (Å²) in [5, 5.41) is 3.15. The van der Waals surface area contributed by atoms with Gasteiger partial charge in [-0.15, -0.1) is 0 Å². The first kappa shape index (κ1) is 16.3. The molecule has 0 amide bonds. The van der Waals surface area contributed by atoms with Crippen molar-refractivity contribution in [1.29, 1.82) is 0 Å². The SMILES string of the molecule is CNCc1cccc(OCCN(C)C(C)CSC)c1. The van der Waals surface area contributed by atoms with Gasteiger partial charge in [0.1, 0.15) is 12.4 Å². The van der Waals surface area contributed by atoms with Crippen LogP contribution >= 0.6 is 11.8 Å². The van der Waals surface area contributed by atoms with Crippen LogP contribution in [0, 0.1) is 0 Å². The Hall–Kier alpha value is -0.710. The highest BCUT2D eigenvalue weighted by atomic mass is 32.2. The van der Waals surface area contributed by atoms with E-state index in [0.29, 0.717) is 6.04 Å². The lowest BCUT2D eigenvalue weighted by atomic mass is 10.2. The number of hydrogen-bond donors (Lipinski definition) is 1. The lowest BCUT2D eigenvalue weighted by molar-refractivity contribution is 0.210. The third-order valence-electron chi connectivity index (χ3n) is 3.15. The molecule has 0 heterocycles. The second-order valence-electron chi connectivity index (χ2n) is 4.81. The van der Waals surface area contributed by atoms with E-state index < -0.39 is 0 Å². The first-order valence-electron chi connectivity index (χ1n) is 6.73. The smallest absolute Gasteiger partial charge is 0.119 e. The molecule has 0 saturated heterocycles. The Kier molecular flexibility index (Phi) is 7.94. The quantitative estimate of drug-likeness (QED) is 0.752. The number of rotatable bonds is 9. The number of likely N-dealkylation sites (N-methyl/N-ethyl adjacent to an activating group) is 1. The Bertz CT molecular complexity index is 360. The van der Waals surface area contributed by atoms with Crippen molar-refractivity contribution in [2.75, 3.05) is 39.3 Å². The lowest BCUT2D eigenvalue weighted by Crippen LogP contribution is -2.34. The zero-order chi connectivity index (χ0) is 14.1. The molecule has 3 nitrogen and oxygen atoms in total. The van der Waals surface area contributed by atoms with Gasteiger partial charge in [0, 0.05) is 24.9 Å². The number of nitrogens with zero attached hydrogens (tertiary/aromatic N) is 1. The maximum Gasteiger partial charge on any atom is 0.119 e. The van der Waals surface area contributed by atoms with Crippen LogP contribution in [0.25, 0.3) is 0 Å². The molecule has 1 unspecified atom stereocenters. The highest BCUT2D eigenvalue weighted by molar-refractivity contribution is 7.98. The van der Waals surface area contributed by atoms with E-state index in [2.05, 4.69) is 42.6 Å². The highest BCUT2D eigenvalue weighted by Gasteiger charge is 2.07. The molecule has 1 aromatic carbocycles. The third-order valence-corrected chi connectivity index (χ3v) is 3.97. The molecule has 19 heavy (non-hydrogen) atoms. The van der Waals surface area contributed by atoms with Gasteiger partial charge in [0.2, 0.25) is 0 Å².